The summed E-state index contributed by atoms with van der Waals surface area (Å²) >= 11 is 0. The van der Waals surface area contributed by atoms with Crippen molar-refractivity contribution in [2.45, 2.75) is 32.1 Å². The molecule has 1 aromatic carbocycles. The predicted molar refractivity (Wildman–Crippen MR) is 63.1 cm³/mol. The van der Waals surface area contributed by atoms with E-state index in [9.17, 15) is 9.59 Å². The Bertz CT molecular complexity index is 431. The van der Waals surface area contributed by atoms with Gasteiger partial charge in [0, 0.05) is 7.85 Å². The molecule has 2 amide bonds. The number of amides is 2. The molecule has 0 aliphatic carbocycles. The number of benzene rings is 1. The maximum absolute atomic E-state index is 11.7. The number of rotatable bonds is 2. The molecule has 0 radical (unpaired) electrons. The second-order valence-corrected chi connectivity index (χ2v) is 4.10. The highest BCUT2D eigenvalue weighted by Gasteiger charge is 2.27. The zero-order chi connectivity index (χ0) is 11.5. The van der Waals surface area contributed by atoms with E-state index in [0.29, 0.717) is 12.8 Å². The van der Waals surface area contributed by atoms with Crippen LogP contribution in [0.15, 0.2) is 24.3 Å². The molecule has 0 aromatic heterocycles. The van der Waals surface area contributed by atoms with E-state index in [1.54, 1.807) is 0 Å². The lowest BCUT2D eigenvalue weighted by Gasteiger charge is -2.21. The number of hydrogen-bond acceptors (Lipinski definition) is 2. The quantitative estimate of drug-likeness (QED) is 0.773. The Labute approximate surface area is 96.3 Å². The molecule has 2 rings (SSSR count). The average Bonchev–Trinajstić information content (AvgIpc) is 2.29. The minimum Gasteiger partial charge on any atom is -0.296 e. The fourth-order valence-electron chi connectivity index (χ4n) is 2.04. The van der Waals surface area contributed by atoms with E-state index in [1.165, 1.54) is 5.56 Å². The SMILES string of the molecule is CCc1cccc(C2CCC(=O)NC2=O)c1.[HH]. The molecule has 3 nitrogen and oxygen atoms in total. The summed E-state index contributed by atoms with van der Waals surface area (Å²) in [6.45, 7) is 2.09. The smallest absolute Gasteiger partial charge is 0.234 e. The van der Waals surface area contributed by atoms with E-state index in [2.05, 4.69) is 24.4 Å². The highest BCUT2D eigenvalue weighted by Crippen LogP contribution is 2.25. The number of nitrogens with one attached hydrogen (secondary N) is 1. The van der Waals surface area contributed by atoms with Crippen molar-refractivity contribution in [2.75, 3.05) is 0 Å². The summed E-state index contributed by atoms with van der Waals surface area (Å²) in [4.78, 5) is 22.7. The van der Waals surface area contributed by atoms with E-state index in [0.717, 1.165) is 12.0 Å². The molecular weight excluding hydrogens is 202 g/mol. The third-order valence-electron chi connectivity index (χ3n) is 3.00. The molecule has 1 aliphatic heterocycles. The van der Waals surface area contributed by atoms with Crippen molar-refractivity contribution in [1.82, 2.24) is 5.32 Å². The van der Waals surface area contributed by atoms with Gasteiger partial charge in [-0.2, -0.15) is 0 Å². The number of piperidine rings is 1. The van der Waals surface area contributed by atoms with Gasteiger partial charge in [-0.15, -0.1) is 0 Å². The van der Waals surface area contributed by atoms with E-state index < -0.39 is 0 Å². The van der Waals surface area contributed by atoms with Gasteiger partial charge in [0.15, 0.2) is 0 Å². The van der Waals surface area contributed by atoms with Gasteiger partial charge in [-0.25, -0.2) is 0 Å². The number of carbonyl (C=O) groups is 2. The van der Waals surface area contributed by atoms with E-state index in [-0.39, 0.29) is 19.2 Å². The van der Waals surface area contributed by atoms with Crippen LogP contribution >= 0.6 is 0 Å². The fourth-order valence-corrected chi connectivity index (χ4v) is 2.04. The third-order valence-corrected chi connectivity index (χ3v) is 3.00. The average molecular weight is 219 g/mol. The second-order valence-electron chi connectivity index (χ2n) is 4.10. The topological polar surface area (TPSA) is 46.2 Å². The zero-order valence-electron chi connectivity index (χ0n) is 9.32. The minimum atomic E-state index is -0.163. The number of carbonyl (C=O) groups excluding carboxylic acids is 2. The van der Waals surface area contributed by atoms with Crippen LogP contribution in [0.2, 0.25) is 0 Å². The molecule has 1 atom stereocenters. The number of aryl methyl sites for hydroxylation is 1. The molecule has 1 aromatic rings. The van der Waals surface area contributed by atoms with Crippen molar-refractivity contribution >= 4 is 11.8 Å². The van der Waals surface area contributed by atoms with Crippen LogP contribution in [0.5, 0.6) is 0 Å². The van der Waals surface area contributed by atoms with Gasteiger partial charge in [-0.1, -0.05) is 31.2 Å². The first-order chi connectivity index (χ1) is 7.70. The van der Waals surface area contributed by atoms with Crippen LogP contribution < -0.4 is 5.32 Å². The van der Waals surface area contributed by atoms with Gasteiger partial charge in [0.05, 0.1) is 5.92 Å². The van der Waals surface area contributed by atoms with E-state index in [4.69, 9.17) is 0 Å². The van der Waals surface area contributed by atoms with E-state index >= 15 is 0 Å². The molecule has 1 N–H and O–H groups in total. The number of hydrogen-bond donors (Lipinski definition) is 1. The van der Waals surface area contributed by atoms with Crippen molar-refractivity contribution in [3.8, 4) is 0 Å². The molecular formula is C13H17NO2. The van der Waals surface area contributed by atoms with Crippen molar-refractivity contribution in [3.63, 3.8) is 0 Å². The number of imide groups is 1. The molecule has 86 valence electrons. The maximum atomic E-state index is 11.7. The van der Waals surface area contributed by atoms with Crippen LogP contribution in [-0.2, 0) is 16.0 Å². The van der Waals surface area contributed by atoms with Gasteiger partial charge in [0.1, 0.15) is 0 Å². The summed E-state index contributed by atoms with van der Waals surface area (Å²) in [5, 5.41) is 2.39. The second kappa shape index (κ2) is 4.47. The Kier molecular flexibility index (Phi) is 3.04. The molecule has 1 heterocycles. The molecule has 1 saturated heterocycles. The normalized spacial score (nSPS) is 20.7. The largest absolute Gasteiger partial charge is 0.296 e. The maximum Gasteiger partial charge on any atom is 0.234 e. The van der Waals surface area contributed by atoms with Crippen LogP contribution in [0.3, 0.4) is 0 Å². The van der Waals surface area contributed by atoms with E-state index in [1.807, 2.05) is 12.1 Å². The van der Waals surface area contributed by atoms with Crippen molar-refractivity contribution in [1.29, 1.82) is 0 Å². The summed E-state index contributed by atoms with van der Waals surface area (Å²) in [6.07, 6.45) is 2.02. The molecule has 1 aliphatic rings. The summed E-state index contributed by atoms with van der Waals surface area (Å²) in [6, 6.07) is 8.03. The standard InChI is InChI=1S/C13H15NO2.H2/c1-2-9-4-3-5-10(8-9)11-6-7-12(15)14-13(11)16;/h3-5,8,11H,2,6-7H2,1H3,(H,14,15,16);1H. The first-order valence-corrected chi connectivity index (χ1v) is 5.63. The minimum absolute atomic E-state index is 0. The van der Waals surface area contributed by atoms with Crippen LogP contribution in [0, 0.1) is 0 Å². The van der Waals surface area contributed by atoms with Crippen LogP contribution in [0.25, 0.3) is 0 Å². The third kappa shape index (κ3) is 2.13. The summed E-state index contributed by atoms with van der Waals surface area (Å²) in [7, 11) is 0. The first-order valence-electron chi connectivity index (χ1n) is 5.63. The first kappa shape index (κ1) is 10.9. The summed E-state index contributed by atoms with van der Waals surface area (Å²) in [5.41, 5.74) is 2.24. The fraction of sp³-hybridized carbons (Fsp3) is 0.385. The highest BCUT2D eigenvalue weighted by atomic mass is 16.2. The van der Waals surface area contributed by atoms with Crippen molar-refractivity contribution in [2.24, 2.45) is 0 Å². The Hall–Kier alpha value is -1.64. The Balaban J connectivity index is 0.00000144. The lowest BCUT2D eigenvalue weighted by Crippen LogP contribution is -2.39. The lowest BCUT2D eigenvalue weighted by molar-refractivity contribution is -0.134. The van der Waals surface area contributed by atoms with Crippen molar-refractivity contribution in [3.05, 3.63) is 35.4 Å². The lowest BCUT2D eigenvalue weighted by atomic mass is 9.89. The predicted octanol–water partition coefficient (Wildman–Crippen LogP) is 2.02. The Morgan fingerprint density at radius 2 is 2.25 bits per heavy atom. The molecule has 0 bridgehead atoms. The monoisotopic (exact) mass is 219 g/mol. The van der Waals surface area contributed by atoms with Crippen molar-refractivity contribution < 1.29 is 11.0 Å². The van der Waals surface area contributed by atoms with Gasteiger partial charge in [-0.05, 0) is 24.0 Å². The Morgan fingerprint density at radius 1 is 1.44 bits per heavy atom. The summed E-state index contributed by atoms with van der Waals surface area (Å²) in [5.74, 6) is -0.485. The van der Waals surface area contributed by atoms with Crippen LogP contribution in [-0.4, -0.2) is 11.8 Å². The van der Waals surface area contributed by atoms with Crippen LogP contribution in [0.1, 0.15) is 38.2 Å². The molecule has 0 saturated carbocycles. The molecule has 0 spiro atoms. The van der Waals surface area contributed by atoms with Gasteiger partial charge < -0.3 is 0 Å². The van der Waals surface area contributed by atoms with Gasteiger partial charge >= 0.3 is 0 Å². The van der Waals surface area contributed by atoms with Gasteiger partial charge in [0.25, 0.3) is 0 Å². The highest BCUT2D eigenvalue weighted by molar-refractivity contribution is 6.00. The summed E-state index contributed by atoms with van der Waals surface area (Å²) < 4.78 is 0. The molecule has 1 unspecified atom stereocenters. The molecule has 3 heteroatoms. The van der Waals surface area contributed by atoms with Gasteiger partial charge in [-0.3, -0.25) is 14.9 Å². The van der Waals surface area contributed by atoms with Gasteiger partial charge in [0.2, 0.25) is 11.8 Å². The molecule has 16 heavy (non-hydrogen) atoms. The zero-order valence-corrected chi connectivity index (χ0v) is 9.32. The molecule has 1 fully saturated rings. The Morgan fingerprint density at radius 3 is 2.94 bits per heavy atom. The van der Waals surface area contributed by atoms with Crippen LogP contribution in [0.4, 0.5) is 0 Å².